The lowest BCUT2D eigenvalue weighted by molar-refractivity contribution is 0.438. The van der Waals surface area contributed by atoms with E-state index in [4.69, 9.17) is 5.73 Å². The number of rotatable bonds is 4. The molecule has 1 fully saturated rings. The molecule has 1 saturated heterocycles. The summed E-state index contributed by atoms with van der Waals surface area (Å²) in [6, 6.07) is 0. The minimum Gasteiger partial charge on any atom is -0.384 e. The molecular formula is C18H27N5O2S. The van der Waals surface area contributed by atoms with Crippen LogP contribution in [0.1, 0.15) is 33.6 Å². The van der Waals surface area contributed by atoms with Crippen molar-refractivity contribution in [3.63, 3.8) is 0 Å². The zero-order chi connectivity index (χ0) is 19.0. The number of hydrogen-bond acceptors (Lipinski definition) is 6. The summed E-state index contributed by atoms with van der Waals surface area (Å²) in [6.45, 7) is 8.71. The van der Waals surface area contributed by atoms with Crippen LogP contribution >= 0.6 is 11.3 Å². The molecule has 0 spiro atoms. The maximum atomic E-state index is 12.7. The SMILES string of the molecule is CC(C)Cn1c(N)c(-c2csc(N3CCC(C)CC3)n2)c(=O)n(C)c1=O. The van der Waals surface area contributed by atoms with Gasteiger partial charge in [-0.3, -0.25) is 13.9 Å². The van der Waals surface area contributed by atoms with Crippen LogP contribution in [-0.4, -0.2) is 27.2 Å². The fourth-order valence-corrected chi connectivity index (χ4v) is 4.16. The summed E-state index contributed by atoms with van der Waals surface area (Å²) in [5.74, 6) is 1.19. The average molecular weight is 378 g/mol. The van der Waals surface area contributed by atoms with Gasteiger partial charge in [0.15, 0.2) is 5.13 Å². The highest BCUT2D eigenvalue weighted by Gasteiger charge is 2.22. The van der Waals surface area contributed by atoms with E-state index in [1.165, 1.54) is 23.0 Å². The molecule has 7 nitrogen and oxygen atoms in total. The number of thiazole rings is 1. The summed E-state index contributed by atoms with van der Waals surface area (Å²) in [4.78, 5) is 32.1. The Morgan fingerprint density at radius 3 is 2.58 bits per heavy atom. The van der Waals surface area contributed by atoms with Crippen molar-refractivity contribution in [1.82, 2.24) is 14.1 Å². The molecule has 0 atom stereocenters. The van der Waals surface area contributed by atoms with Crippen molar-refractivity contribution in [2.75, 3.05) is 23.7 Å². The molecule has 8 heteroatoms. The van der Waals surface area contributed by atoms with Crippen molar-refractivity contribution in [2.45, 2.75) is 40.2 Å². The van der Waals surface area contributed by atoms with E-state index < -0.39 is 5.56 Å². The average Bonchev–Trinajstić information content (AvgIpc) is 3.07. The van der Waals surface area contributed by atoms with E-state index >= 15 is 0 Å². The van der Waals surface area contributed by atoms with Crippen molar-refractivity contribution >= 4 is 22.3 Å². The van der Waals surface area contributed by atoms with E-state index in [-0.39, 0.29) is 17.4 Å². The normalized spacial score (nSPS) is 15.8. The maximum Gasteiger partial charge on any atom is 0.332 e. The number of nitrogens with zero attached hydrogens (tertiary/aromatic N) is 4. The molecule has 3 rings (SSSR count). The third kappa shape index (κ3) is 3.42. The third-order valence-electron chi connectivity index (χ3n) is 4.93. The summed E-state index contributed by atoms with van der Waals surface area (Å²) in [7, 11) is 1.49. The minimum atomic E-state index is -0.392. The summed E-state index contributed by atoms with van der Waals surface area (Å²) in [6.07, 6.45) is 2.30. The second kappa shape index (κ2) is 7.26. The van der Waals surface area contributed by atoms with Crippen molar-refractivity contribution in [1.29, 1.82) is 0 Å². The molecule has 3 heterocycles. The summed E-state index contributed by atoms with van der Waals surface area (Å²) < 4.78 is 2.60. The van der Waals surface area contributed by atoms with E-state index in [1.807, 2.05) is 19.2 Å². The number of aromatic nitrogens is 3. The summed E-state index contributed by atoms with van der Waals surface area (Å²) >= 11 is 1.52. The molecule has 0 aromatic carbocycles. The fraction of sp³-hybridized carbons (Fsp3) is 0.611. The highest BCUT2D eigenvalue weighted by Crippen LogP contribution is 2.30. The van der Waals surface area contributed by atoms with Crippen LogP contribution in [0, 0.1) is 11.8 Å². The van der Waals surface area contributed by atoms with Crippen molar-refractivity contribution in [3.05, 3.63) is 26.2 Å². The number of hydrogen-bond donors (Lipinski definition) is 1. The molecule has 0 aliphatic carbocycles. The van der Waals surface area contributed by atoms with Crippen LogP contribution in [0.4, 0.5) is 10.9 Å². The van der Waals surface area contributed by atoms with Crippen LogP contribution in [0.25, 0.3) is 11.3 Å². The van der Waals surface area contributed by atoms with Gasteiger partial charge in [0.2, 0.25) is 0 Å². The lowest BCUT2D eigenvalue weighted by Gasteiger charge is -2.29. The Labute approximate surface area is 157 Å². The Morgan fingerprint density at radius 1 is 1.31 bits per heavy atom. The van der Waals surface area contributed by atoms with E-state index in [9.17, 15) is 9.59 Å². The van der Waals surface area contributed by atoms with Gasteiger partial charge in [0.25, 0.3) is 5.56 Å². The first-order valence-electron chi connectivity index (χ1n) is 9.09. The molecule has 0 radical (unpaired) electrons. The van der Waals surface area contributed by atoms with Gasteiger partial charge in [-0.25, -0.2) is 9.78 Å². The van der Waals surface area contributed by atoms with Crippen molar-refractivity contribution in [2.24, 2.45) is 18.9 Å². The Bertz CT molecular complexity index is 903. The van der Waals surface area contributed by atoms with Crippen molar-refractivity contribution in [3.8, 4) is 11.3 Å². The monoisotopic (exact) mass is 377 g/mol. The quantitative estimate of drug-likeness (QED) is 0.882. The van der Waals surface area contributed by atoms with Crippen LogP contribution in [-0.2, 0) is 13.6 Å². The number of anilines is 2. The van der Waals surface area contributed by atoms with Crippen LogP contribution in [0.5, 0.6) is 0 Å². The Balaban J connectivity index is 2.03. The molecule has 1 aliphatic rings. The van der Waals surface area contributed by atoms with Crippen LogP contribution in [0.3, 0.4) is 0 Å². The number of nitrogens with two attached hydrogens (primary N) is 1. The molecule has 2 aromatic rings. The van der Waals surface area contributed by atoms with Gasteiger partial charge in [0, 0.05) is 32.1 Å². The first kappa shape index (κ1) is 18.7. The van der Waals surface area contributed by atoms with Crippen LogP contribution in [0.2, 0.25) is 0 Å². The molecule has 0 amide bonds. The summed E-state index contributed by atoms with van der Waals surface area (Å²) in [5.41, 5.74) is 6.34. The van der Waals surface area contributed by atoms with Gasteiger partial charge in [-0.05, 0) is 24.7 Å². The lowest BCUT2D eigenvalue weighted by atomic mass is 10.00. The van der Waals surface area contributed by atoms with Gasteiger partial charge in [0.1, 0.15) is 11.4 Å². The van der Waals surface area contributed by atoms with Gasteiger partial charge < -0.3 is 10.6 Å². The van der Waals surface area contributed by atoms with E-state index in [0.29, 0.717) is 17.8 Å². The molecule has 1 aliphatic heterocycles. The zero-order valence-corrected chi connectivity index (χ0v) is 16.7. The Morgan fingerprint density at radius 2 is 1.96 bits per heavy atom. The molecule has 0 unspecified atom stereocenters. The molecule has 26 heavy (non-hydrogen) atoms. The topological polar surface area (TPSA) is 86.2 Å². The molecule has 0 saturated carbocycles. The van der Waals surface area contributed by atoms with Gasteiger partial charge >= 0.3 is 5.69 Å². The highest BCUT2D eigenvalue weighted by atomic mass is 32.1. The largest absolute Gasteiger partial charge is 0.384 e. The molecule has 142 valence electrons. The fourth-order valence-electron chi connectivity index (χ4n) is 3.29. The number of nitrogen functional groups attached to an aromatic ring is 1. The second-order valence-corrected chi connectivity index (χ2v) is 8.43. The first-order chi connectivity index (χ1) is 12.3. The van der Waals surface area contributed by atoms with Gasteiger partial charge in [-0.1, -0.05) is 20.8 Å². The molecule has 2 N–H and O–H groups in total. The molecule has 0 bridgehead atoms. The van der Waals surface area contributed by atoms with Crippen LogP contribution in [0.15, 0.2) is 15.0 Å². The standard InChI is InChI=1S/C18H27N5O2S/c1-11(2)9-23-15(19)14(16(24)21(4)18(23)25)13-10-26-17(20-13)22-7-5-12(3)6-8-22/h10-12H,5-9,19H2,1-4H3. The third-order valence-corrected chi connectivity index (χ3v) is 5.83. The molecule has 2 aromatic heterocycles. The smallest absolute Gasteiger partial charge is 0.332 e. The first-order valence-corrected chi connectivity index (χ1v) is 9.97. The Kier molecular flexibility index (Phi) is 5.22. The second-order valence-electron chi connectivity index (χ2n) is 7.60. The van der Waals surface area contributed by atoms with Gasteiger partial charge in [-0.15, -0.1) is 11.3 Å². The van der Waals surface area contributed by atoms with E-state index in [0.717, 1.165) is 41.5 Å². The lowest BCUT2D eigenvalue weighted by Crippen LogP contribution is -2.41. The maximum absolute atomic E-state index is 12.7. The number of piperidine rings is 1. The minimum absolute atomic E-state index is 0.205. The van der Waals surface area contributed by atoms with Gasteiger partial charge in [0.05, 0.1) is 5.69 Å². The summed E-state index contributed by atoms with van der Waals surface area (Å²) in [5, 5.41) is 2.78. The van der Waals surface area contributed by atoms with Crippen molar-refractivity contribution < 1.29 is 0 Å². The van der Waals surface area contributed by atoms with Gasteiger partial charge in [-0.2, -0.15) is 0 Å². The predicted molar refractivity (Wildman–Crippen MR) is 107 cm³/mol. The van der Waals surface area contributed by atoms with E-state index in [1.54, 1.807) is 0 Å². The van der Waals surface area contributed by atoms with Crippen LogP contribution < -0.4 is 21.9 Å². The Hall–Kier alpha value is -2.09. The van der Waals surface area contributed by atoms with E-state index in [2.05, 4.69) is 16.8 Å². The zero-order valence-electron chi connectivity index (χ0n) is 15.9. The highest BCUT2D eigenvalue weighted by molar-refractivity contribution is 7.14. The predicted octanol–water partition coefficient (Wildman–Crippen LogP) is 2.15. The molecular weight excluding hydrogens is 350 g/mol.